The number of pyridine rings is 1. The van der Waals surface area contributed by atoms with Crippen molar-refractivity contribution in [2.45, 2.75) is 37.5 Å². The Morgan fingerprint density at radius 3 is 2.32 bits per heavy atom. The van der Waals surface area contributed by atoms with Crippen LogP contribution in [0.25, 0.3) is 0 Å². The van der Waals surface area contributed by atoms with E-state index in [0.717, 1.165) is 18.4 Å². The Kier molecular flexibility index (Phi) is 5.54. The number of hydrogen-bond acceptors (Lipinski definition) is 3. The zero-order valence-corrected chi connectivity index (χ0v) is 15.6. The van der Waals surface area contributed by atoms with E-state index in [1.165, 1.54) is 18.4 Å². The molecule has 0 amide bonds. The van der Waals surface area contributed by atoms with Crippen LogP contribution in [0.1, 0.15) is 36.8 Å². The Morgan fingerprint density at radius 2 is 1.68 bits per heavy atom. The molecule has 1 aliphatic carbocycles. The number of nitrogens with zero attached hydrogens (tertiary/aromatic N) is 2. The molecule has 0 radical (unpaired) electrons. The highest BCUT2D eigenvalue weighted by molar-refractivity contribution is 7.89. The number of likely N-dealkylation sites (N-methyl/N-ethyl adjacent to an activating group) is 1. The number of hydrogen-bond donors (Lipinski definition) is 0. The molecule has 134 valence electrons. The molecular formula is C20H26N2O2S. The van der Waals surface area contributed by atoms with Crippen LogP contribution in [0.15, 0.2) is 54.9 Å². The van der Waals surface area contributed by atoms with Crippen molar-refractivity contribution < 1.29 is 8.42 Å². The molecule has 1 heterocycles. The second kappa shape index (κ2) is 7.67. The maximum absolute atomic E-state index is 12.8. The van der Waals surface area contributed by atoms with E-state index in [1.54, 1.807) is 23.7 Å². The van der Waals surface area contributed by atoms with Crippen molar-refractivity contribution in [3.63, 3.8) is 0 Å². The Bertz CT molecular complexity index is 770. The summed E-state index contributed by atoms with van der Waals surface area (Å²) in [5.74, 6) is 0.137. The lowest BCUT2D eigenvalue weighted by Crippen LogP contribution is -2.41. The minimum absolute atomic E-state index is 0.0419. The predicted molar refractivity (Wildman–Crippen MR) is 101 cm³/mol. The molecule has 0 unspecified atom stereocenters. The molecule has 1 saturated carbocycles. The molecule has 0 aliphatic heterocycles. The topological polar surface area (TPSA) is 50.3 Å². The molecule has 2 aromatic rings. The van der Waals surface area contributed by atoms with Gasteiger partial charge in [-0.05, 0) is 42.5 Å². The lowest BCUT2D eigenvalue weighted by molar-refractivity contribution is 0.333. The van der Waals surface area contributed by atoms with Gasteiger partial charge in [0.2, 0.25) is 10.0 Å². The summed E-state index contributed by atoms with van der Waals surface area (Å²) in [7, 11) is -1.55. The van der Waals surface area contributed by atoms with E-state index in [4.69, 9.17) is 0 Å². The highest BCUT2D eigenvalue weighted by Gasteiger charge is 2.38. The summed E-state index contributed by atoms with van der Waals surface area (Å²) in [5.41, 5.74) is 2.23. The molecule has 0 spiro atoms. The molecule has 0 atom stereocenters. The molecule has 0 saturated heterocycles. The lowest BCUT2D eigenvalue weighted by atomic mass is 9.79. The third-order valence-corrected chi connectivity index (χ3v) is 7.14. The van der Waals surface area contributed by atoms with Crippen LogP contribution in [0.3, 0.4) is 0 Å². The van der Waals surface area contributed by atoms with Gasteiger partial charge >= 0.3 is 0 Å². The highest BCUT2D eigenvalue weighted by Crippen LogP contribution is 2.41. The van der Waals surface area contributed by atoms with Gasteiger partial charge in [0.1, 0.15) is 0 Å². The van der Waals surface area contributed by atoms with Crippen molar-refractivity contribution in [1.82, 2.24) is 9.29 Å². The fraction of sp³-hybridized carbons (Fsp3) is 0.450. The lowest BCUT2D eigenvalue weighted by Gasteiger charge is -2.34. The highest BCUT2D eigenvalue weighted by atomic mass is 32.2. The molecule has 1 aromatic carbocycles. The van der Waals surface area contributed by atoms with Gasteiger partial charge in [0.05, 0.1) is 5.75 Å². The van der Waals surface area contributed by atoms with Gasteiger partial charge in [-0.3, -0.25) is 4.98 Å². The Hall–Kier alpha value is -1.72. The smallest absolute Gasteiger partial charge is 0.214 e. The molecule has 0 bridgehead atoms. The summed E-state index contributed by atoms with van der Waals surface area (Å²) in [6, 6.07) is 14.1. The number of sulfonamides is 1. The van der Waals surface area contributed by atoms with Crippen LogP contribution >= 0.6 is 0 Å². The minimum atomic E-state index is -3.28. The minimum Gasteiger partial charge on any atom is -0.265 e. The van der Waals surface area contributed by atoms with E-state index in [1.807, 2.05) is 30.3 Å². The molecule has 5 heteroatoms. The number of aromatic nitrogens is 1. The van der Waals surface area contributed by atoms with Crippen LogP contribution in [0, 0.1) is 0 Å². The van der Waals surface area contributed by atoms with Gasteiger partial charge in [0.25, 0.3) is 0 Å². The third-order valence-electron chi connectivity index (χ3n) is 5.35. The monoisotopic (exact) mass is 358 g/mol. The van der Waals surface area contributed by atoms with Crippen LogP contribution in [-0.2, 0) is 21.9 Å². The molecule has 3 rings (SSSR count). The van der Waals surface area contributed by atoms with Crippen LogP contribution < -0.4 is 0 Å². The molecule has 25 heavy (non-hydrogen) atoms. The van der Waals surface area contributed by atoms with E-state index >= 15 is 0 Å². The van der Waals surface area contributed by atoms with Gasteiger partial charge < -0.3 is 0 Å². The molecule has 1 aromatic heterocycles. The van der Waals surface area contributed by atoms with Crippen molar-refractivity contribution in [3.05, 3.63) is 66.0 Å². The zero-order valence-electron chi connectivity index (χ0n) is 14.8. The van der Waals surface area contributed by atoms with E-state index in [9.17, 15) is 8.42 Å². The van der Waals surface area contributed by atoms with Crippen molar-refractivity contribution in [2.24, 2.45) is 0 Å². The standard InChI is InChI=1S/C20H26N2O2S/c1-22(25(23,24)16-11-18-9-14-21-15-10-18)17-20(12-5-6-13-20)19-7-3-2-4-8-19/h2-4,7-10,14-15H,5-6,11-13,16-17H2,1H3. The predicted octanol–water partition coefficient (Wildman–Crippen LogP) is 3.40. The Balaban J connectivity index is 1.71. The first-order chi connectivity index (χ1) is 12.0. The fourth-order valence-electron chi connectivity index (χ4n) is 3.86. The number of benzene rings is 1. The molecule has 0 N–H and O–H groups in total. The normalized spacial score (nSPS) is 17.0. The zero-order chi connectivity index (χ0) is 17.8. The largest absolute Gasteiger partial charge is 0.265 e. The van der Waals surface area contributed by atoms with E-state index in [-0.39, 0.29) is 11.2 Å². The van der Waals surface area contributed by atoms with Crippen molar-refractivity contribution in [1.29, 1.82) is 0 Å². The van der Waals surface area contributed by atoms with Crippen LogP contribution in [0.5, 0.6) is 0 Å². The van der Waals surface area contributed by atoms with E-state index < -0.39 is 10.0 Å². The van der Waals surface area contributed by atoms with Gasteiger partial charge in [-0.25, -0.2) is 12.7 Å². The summed E-state index contributed by atoms with van der Waals surface area (Å²) in [6.07, 6.45) is 8.37. The van der Waals surface area contributed by atoms with Gasteiger partial charge in [-0.2, -0.15) is 0 Å². The average molecular weight is 359 g/mol. The van der Waals surface area contributed by atoms with Crippen LogP contribution in [0.2, 0.25) is 0 Å². The molecular weight excluding hydrogens is 332 g/mol. The van der Waals surface area contributed by atoms with Gasteiger partial charge in [0.15, 0.2) is 0 Å². The first-order valence-corrected chi connectivity index (χ1v) is 10.5. The molecule has 4 nitrogen and oxygen atoms in total. The summed E-state index contributed by atoms with van der Waals surface area (Å²) in [4.78, 5) is 3.98. The first kappa shape index (κ1) is 18.1. The van der Waals surface area contributed by atoms with Crippen molar-refractivity contribution in [2.75, 3.05) is 19.3 Å². The average Bonchev–Trinajstić information content (AvgIpc) is 3.11. The summed E-state index contributed by atoms with van der Waals surface area (Å²) < 4.78 is 27.1. The summed E-state index contributed by atoms with van der Waals surface area (Å²) >= 11 is 0. The Labute approximate surface area is 151 Å². The van der Waals surface area contributed by atoms with Gasteiger partial charge in [-0.15, -0.1) is 0 Å². The SMILES string of the molecule is CN(CC1(c2ccccc2)CCCC1)S(=O)(=O)CCc1ccncc1. The quantitative estimate of drug-likeness (QED) is 0.762. The van der Waals surface area contributed by atoms with Crippen molar-refractivity contribution in [3.8, 4) is 0 Å². The van der Waals surface area contributed by atoms with E-state index in [0.29, 0.717) is 13.0 Å². The number of aryl methyl sites for hydroxylation is 1. The maximum Gasteiger partial charge on any atom is 0.214 e. The second-order valence-electron chi connectivity index (χ2n) is 7.03. The number of rotatable bonds is 7. The second-order valence-corrected chi connectivity index (χ2v) is 9.23. The van der Waals surface area contributed by atoms with Crippen molar-refractivity contribution >= 4 is 10.0 Å². The maximum atomic E-state index is 12.8. The molecule has 1 fully saturated rings. The summed E-state index contributed by atoms with van der Waals surface area (Å²) in [5, 5.41) is 0. The summed E-state index contributed by atoms with van der Waals surface area (Å²) in [6.45, 7) is 0.565. The fourth-order valence-corrected chi connectivity index (χ4v) is 5.11. The first-order valence-electron chi connectivity index (χ1n) is 8.90. The van der Waals surface area contributed by atoms with E-state index in [2.05, 4.69) is 17.1 Å². The van der Waals surface area contributed by atoms with Crippen LogP contribution in [-0.4, -0.2) is 37.1 Å². The van der Waals surface area contributed by atoms with Gasteiger partial charge in [-0.1, -0.05) is 43.2 Å². The molecule has 1 aliphatic rings. The Morgan fingerprint density at radius 1 is 1.04 bits per heavy atom. The van der Waals surface area contributed by atoms with Crippen LogP contribution in [0.4, 0.5) is 0 Å². The van der Waals surface area contributed by atoms with Gasteiger partial charge in [0, 0.05) is 31.4 Å². The third kappa shape index (κ3) is 4.28.